The Kier molecular flexibility index (Phi) is 4.28. The molecule has 3 aromatic rings. The van der Waals surface area contributed by atoms with E-state index in [1.807, 2.05) is 47.5 Å². The van der Waals surface area contributed by atoms with E-state index in [1.165, 1.54) is 0 Å². The Labute approximate surface area is 151 Å². The molecular formula is C19H21N5O2. The summed E-state index contributed by atoms with van der Waals surface area (Å²) in [5.41, 5.74) is 2.20. The van der Waals surface area contributed by atoms with Crippen LogP contribution < -0.4 is 4.74 Å². The molecular weight excluding hydrogens is 330 g/mol. The van der Waals surface area contributed by atoms with Gasteiger partial charge in [-0.15, -0.1) is 0 Å². The number of pyridine rings is 1. The average molecular weight is 351 g/mol. The van der Waals surface area contributed by atoms with Crippen molar-refractivity contribution in [1.29, 1.82) is 0 Å². The molecule has 0 N–H and O–H groups in total. The summed E-state index contributed by atoms with van der Waals surface area (Å²) in [6.07, 6.45) is 5.21. The summed E-state index contributed by atoms with van der Waals surface area (Å²) in [4.78, 5) is 27.7. The number of nitrogens with zero attached hydrogens (tertiary/aromatic N) is 5. The standard InChI is InChI=1S/C19H21N5O2/c1-13-18(24-10-4-3-5-16(24)21-13)19(25)23-11-7-15(8-12-23)26-17-6-9-20-14(2)22-17/h3-6,9-10,15H,7-8,11-12H2,1-2H3. The molecule has 0 saturated carbocycles. The Hall–Kier alpha value is -2.96. The topological polar surface area (TPSA) is 72.6 Å². The molecule has 3 aromatic heterocycles. The fourth-order valence-electron chi connectivity index (χ4n) is 3.37. The molecule has 1 aliphatic heterocycles. The summed E-state index contributed by atoms with van der Waals surface area (Å²) >= 11 is 0. The second-order valence-corrected chi connectivity index (χ2v) is 6.53. The van der Waals surface area contributed by atoms with E-state index in [0.717, 1.165) is 24.2 Å². The van der Waals surface area contributed by atoms with Crippen LogP contribution in [-0.2, 0) is 0 Å². The van der Waals surface area contributed by atoms with Crippen molar-refractivity contribution in [2.75, 3.05) is 13.1 Å². The minimum Gasteiger partial charge on any atom is -0.474 e. The van der Waals surface area contributed by atoms with Crippen molar-refractivity contribution in [2.24, 2.45) is 0 Å². The van der Waals surface area contributed by atoms with Crippen molar-refractivity contribution in [3.8, 4) is 5.88 Å². The first-order valence-corrected chi connectivity index (χ1v) is 8.81. The predicted octanol–water partition coefficient (Wildman–Crippen LogP) is 2.42. The lowest BCUT2D eigenvalue weighted by atomic mass is 10.1. The third-order valence-corrected chi connectivity index (χ3v) is 4.67. The van der Waals surface area contributed by atoms with Crippen LogP contribution in [0.4, 0.5) is 0 Å². The molecule has 0 bridgehead atoms. The molecule has 1 aliphatic rings. The third-order valence-electron chi connectivity index (χ3n) is 4.67. The molecule has 7 nitrogen and oxygen atoms in total. The quantitative estimate of drug-likeness (QED) is 0.725. The number of rotatable bonds is 3. The molecule has 1 fully saturated rings. The van der Waals surface area contributed by atoms with Gasteiger partial charge in [-0.1, -0.05) is 6.07 Å². The van der Waals surface area contributed by atoms with E-state index in [4.69, 9.17) is 4.74 Å². The van der Waals surface area contributed by atoms with Gasteiger partial charge in [-0.05, 0) is 26.0 Å². The first-order valence-electron chi connectivity index (χ1n) is 8.81. The molecule has 4 heterocycles. The number of hydrogen-bond acceptors (Lipinski definition) is 5. The van der Waals surface area contributed by atoms with Gasteiger partial charge in [0, 0.05) is 44.4 Å². The number of likely N-dealkylation sites (tertiary alicyclic amines) is 1. The van der Waals surface area contributed by atoms with Gasteiger partial charge in [0.15, 0.2) is 0 Å². The highest BCUT2D eigenvalue weighted by Gasteiger charge is 2.28. The molecule has 26 heavy (non-hydrogen) atoms. The lowest BCUT2D eigenvalue weighted by Crippen LogP contribution is -2.42. The van der Waals surface area contributed by atoms with Gasteiger partial charge in [0.1, 0.15) is 23.3 Å². The summed E-state index contributed by atoms with van der Waals surface area (Å²) in [7, 11) is 0. The largest absolute Gasteiger partial charge is 0.474 e. The molecule has 0 aromatic carbocycles. The molecule has 1 saturated heterocycles. The van der Waals surface area contributed by atoms with Crippen molar-refractivity contribution < 1.29 is 9.53 Å². The van der Waals surface area contributed by atoms with E-state index in [9.17, 15) is 4.79 Å². The first-order chi connectivity index (χ1) is 12.6. The van der Waals surface area contributed by atoms with Crippen molar-refractivity contribution >= 4 is 11.6 Å². The number of ether oxygens (including phenoxy) is 1. The molecule has 0 spiro atoms. The fraction of sp³-hybridized carbons (Fsp3) is 0.368. The van der Waals surface area contributed by atoms with Gasteiger partial charge in [0.2, 0.25) is 5.88 Å². The minimum atomic E-state index is 0.0255. The number of carbonyl (C=O) groups excluding carboxylic acids is 1. The summed E-state index contributed by atoms with van der Waals surface area (Å²) in [6.45, 7) is 5.04. The highest BCUT2D eigenvalue weighted by atomic mass is 16.5. The van der Waals surface area contributed by atoms with Gasteiger partial charge in [-0.25, -0.2) is 9.97 Å². The van der Waals surface area contributed by atoms with Gasteiger partial charge in [-0.3, -0.25) is 9.20 Å². The second kappa shape index (κ2) is 6.74. The molecule has 1 amide bonds. The van der Waals surface area contributed by atoms with Crippen molar-refractivity contribution in [3.05, 3.63) is 53.9 Å². The number of imidazole rings is 1. The van der Waals surface area contributed by atoms with Crippen LogP contribution >= 0.6 is 0 Å². The Morgan fingerprint density at radius 2 is 1.96 bits per heavy atom. The summed E-state index contributed by atoms with van der Waals surface area (Å²) in [5, 5.41) is 0. The molecule has 7 heteroatoms. The van der Waals surface area contributed by atoms with Gasteiger partial charge >= 0.3 is 0 Å². The number of piperidine rings is 1. The SMILES string of the molecule is Cc1nccc(OC2CCN(C(=O)c3c(C)nc4ccccn34)CC2)n1. The molecule has 0 unspecified atom stereocenters. The highest BCUT2D eigenvalue weighted by molar-refractivity contribution is 5.94. The van der Waals surface area contributed by atoms with Crippen LogP contribution in [0.5, 0.6) is 5.88 Å². The van der Waals surface area contributed by atoms with E-state index < -0.39 is 0 Å². The second-order valence-electron chi connectivity index (χ2n) is 6.53. The molecule has 0 radical (unpaired) electrons. The van der Waals surface area contributed by atoms with Gasteiger partial charge in [-0.2, -0.15) is 4.98 Å². The number of aryl methyl sites for hydroxylation is 2. The zero-order valence-electron chi connectivity index (χ0n) is 14.9. The molecule has 0 aliphatic carbocycles. The molecule has 134 valence electrons. The van der Waals surface area contributed by atoms with E-state index in [0.29, 0.717) is 30.5 Å². The van der Waals surface area contributed by atoms with E-state index in [1.54, 1.807) is 12.3 Å². The zero-order valence-corrected chi connectivity index (χ0v) is 14.9. The Balaban J connectivity index is 1.44. The fourth-order valence-corrected chi connectivity index (χ4v) is 3.37. The monoisotopic (exact) mass is 351 g/mol. The van der Waals surface area contributed by atoms with Crippen LogP contribution in [0.1, 0.15) is 34.8 Å². The first kappa shape index (κ1) is 16.5. The summed E-state index contributed by atoms with van der Waals surface area (Å²) in [6, 6.07) is 7.52. The summed E-state index contributed by atoms with van der Waals surface area (Å²) < 4.78 is 7.81. The number of hydrogen-bond donors (Lipinski definition) is 0. The number of carbonyl (C=O) groups is 1. The third kappa shape index (κ3) is 3.12. The molecule has 4 rings (SSSR count). The van der Waals surface area contributed by atoms with E-state index in [-0.39, 0.29) is 12.0 Å². The van der Waals surface area contributed by atoms with Crippen molar-refractivity contribution in [2.45, 2.75) is 32.8 Å². The minimum absolute atomic E-state index is 0.0255. The smallest absolute Gasteiger partial charge is 0.272 e. The Bertz CT molecular complexity index is 944. The van der Waals surface area contributed by atoms with Crippen LogP contribution in [-0.4, -0.2) is 49.4 Å². The van der Waals surface area contributed by atoms with E-state index in [2.05, 4.69) is 15.0 Å². The van der Waals surface area contributed by atoms with Crippen molar-refractivity contribution in [3.63, 3.8) is 0 Å². The molecule has 0 atom stereocenters. The van der Waals surface area contributed by atoms with Crippen LogP contribution in [0.3, 0.4) is 0 Å². The highest BCUT2D eigenvalue weighted by Crippen LogP contribution is 2.20. The Morgan fingerprint density at radius 3 is 2.73 bits per heavy atom. The Morgan fingerprint density at radius 1 is 1.15 bits per heavy atom. The van der Waals surface area contributed by atoms with Gasteiger partial charge in [0.05, 0.1) is 5.69 Å². The van der Waals surface area contributed by atoms with Gasteiger partial charge < -0.3 is 9.64 Å². The predicted molar refractivity (Wildman–Crippen MR) is 96.3 cm³/mol. The maximum atomic E-state index is 13.0. The van der Waals surface area contributed by atoms with E-state index >= 15 is 0 Å². The average Bonchev–Trinajstić information content (AvgIpc) is 2.97. The lowest BCUT2D eigenvalue weighted by molar-refractivity contribution is 0.0580. The maximum absolute atomic E-state index is 13.0. The number of fused-ring (bicyclic) bond motifs is 1. The lowest BCUT2D eigenvalue weighted by Gasteiger charge is -2.32. The summed E-state index contributed by atoms with van der Waals surface area (Å²) in [5.74, 6) is 1.32. The van der Waals surface area contributed by atoms with Crippen LogP contribution in [0.15, 0.2) is 36.7 Å². The number of aromatic nitrogens is 4. The maximum Gasteiger partial charge on any atom is 0.272 e. The van der Waals surface area contributed by atoms with Crippen molar-refractivity contribution in [1.82, 2.24) is 24.3 Å². The van der Waals surface area contributed by atoms with Crippen LogP contribution in [0.25, 0.3) is 5.65 Å². The van der Waals surface area contributed by atoms with Crippen LogP contribution in [0.2, 0.25) is 0 Å². The number of amides is 1. The van der Waals surface area contributed by atoms with Gasteiger partial charge in [0.25, 0.3) is 5.91 Å². The normalized spacial score (nSPS) is 15.4. The van der Waals surface area contributed by atoms with Crippen LogP contribution in [0, 0.1) is 13.8 Å². The zero-order chi connectivity index (χ0) is 18.1.